The molecule has 0 amide bonds. The standard InChI is InChI=1S/C26H16.C26H18/c1-2-9-17(10-3-1)24-21-13-6-7-14-22(21)25-19-12-5-4-11-18(19)20-15-8-16-23(24)26(20)25;1-3-11-19(12-4-1)25-21-15-7-9-17-23(21)26(20-13-5-2-6-14-20)24-18-10-8-16-22(24)25/h1-16H;1-18H. The molecule has 1 aliphatic carbocycles. The van der Waals surface area contributed by atoms with Crippen molar-refractivity contribution in [3.63, 3.8) is 0 Å². The summed E-state index contributed by atoms with van der Waals surface area (Å²) in [4.78, 5) is 0. The Morgan fingerprint density at radius 1 is 0.173 bits per heavy atom. The van der Waals surface area contributed by atoms with Crippen LogP contribution in [0.25, 0.3) is 98.7 Å². The van der Waals surface area contributed by atoms with Gasteiger partial charge >= 0.3 is 0 Å². The Balaban J connectivity index is 0.000000130. The Bertz CT molecular complexity index is 2690. The molecule has 1 aliphatic rings. The second kappa shape index (κ2) is 12.5. The van der Waals surface area contributed by atoms with E-state index in [1.807, 2.05) is 0 Å². The lowest BCUT2D eigenvalue weighted by molar-refractivity contribution is 1.65. The highest BCUT2D eigenvalue weighted by molar-refractivity contribution is 6.29. The summed E-state index contributed by atoms with van der Waals surface area (Å²) in [5.41, 5.74) is 13.2. The number of fused-ring (bicyclic) bond motifs is 7. The first-order chi connectivity index (χ1) is 25.9. The number of hydrogen-bond acceptors (Lipinski definition) is 0. The topological polar surface area (TPSA) is 0 Å². The van der Waals surface area contributed by atoms with Gasteiger partial charge in [0.15, 0.2) is 0 Å². The summed E-state index contributed by atoms with van der Waals surface area (Å²) in [6.45, 7) is 0. The van der Waals surface area contributed by atoms with Crippen molar-refractivity contribution in [3.8, 4) is 55.6 Å². The van der Waals surface area contributed by atoms with Crippen LogP contribution in [-0.4, -0.2) is 0 Å². The van der Waals surface area contributed by atoms with Crippen LogP contribution in [0.15, 0.2) is 206 Å². The molecule has 10 aromatic carbocycles. The average molecular weight is 659 g/mol. The lowest BCUT2D eigenvalue weighted by Crippen LogP contribution is -1.90. The molecular formula is C52H34. The van der Waals surface area contributed by atoms with Crippen molar-refractivity contribution < 1.29 is 0 Å². The molecule has 52 heavy (non-hydrogen) atoms. The Hall–Kier alpha value is -6.76. The number of rotatable bonds is 3. The molecule has 0 N–H and O–H groups in total. The van der Waals surface area contributed by atoms with E-state index in [0.29, 0.717) is 0 Å². The maximum Gasteiger partial charge on any atom is -0.00137 e. The highest BCUT2D eigenvalue weighted by Gasteiger charge is 2.25. The molecule has 0 heteroatoms. The first-order valence-electron chi connectivity index (χ1n) is 18.0. The molecule has 0 heterocycles. The van der Waals surface area contributed by atoms with Gasteiger partial charge in [0.25, 0.3) is 0 Å². The Kier molecular flexibility index (Phi) is 7.25. The summed E-state index contributed by atoms with van der Waals surface area (Å²) in [6, 6.07) is 74.1. The summed E-state index contributed by atoms with van der Waals surface area (Å²) in [7, 11) is 0. The zero-order valence-electron chi connectivity index (χ0n) is 28.6. The van der Waals surface area contributed by atoms with Crippen molar-refractivity contribution in [2.75, 3.05) is 0 Å². The Labute approximate surface area is 303 Å². The lowest BCUT2D eigenvalue weighted by Gasteiger charge is -2.17. The summed E-state index contributed by atoms with van der Waals surface area (Å²) in [6.07, 6.45) is 0. The second-order valence-electron chi connectivity index (χ2n) is 13.5. The highest BCUT2D eigenvalue weighted by atomic mass is 14.3. The molecule has 0 atom stereocenters. The smallest absolute Gasteiger partial charge is 0.00137 e. The molecule has 242 valence electrons. The van der Waals surface area contributed by atoms with E-state index in [4.69, 9.17) is 0 Å². The summed E-state index contributed by atoms with van der Waals surface area (Å²) >= 11 is 0. The molecule has 0 saturated carbocycles. The van der Waals surface area contributed by atoms with Gasteiger partial charge in [0.2, 0.25) is 0 Å². The molecule has 11 rings (SSSR count). The fourth-order valence-corrected chi connectivity index (χ4v) is 8.54. The molecule has 0 nitrogen and oxygen atoms in total. The SMILES string of the molecule is c1ccc(-c2c3ccccc3c(-c3ccccc3)c3ccccc23)cc1.c1ccc(-c2c3ccccc3c3c4c(cccc24)-c2ccccc2-3)cc1. The Morgan fingerprint density at radius 2 is 0.462 bits per heavy atom. The minimum Gasteiger partial charge on any atom is -0.0622 e. The third-order valence-corrected chi connectivity index (χ3v) is 10.7. The van der Waals surface area contributed by atoms with Crippen molar-refractivity contribution >= 4 is 43.1 Å². The molecule has 10 aromatic rings. The largest absolute Gasteiger partial charge is 0.0622 e. The average Bonchev–Trinajstić information content (AvgIpc) is 3.57. The van der Waals surface area contributed by atoms with Gasteiger partial charge in [0.1, 0.15) is 0 Å². The van der Waals surface area contributed by atoms with E-state index in [1.165, 1.54) is 98.7 Å². The van der Waals surface area contributed by atoms with Gasteiger partial charge < -0.3 is 0 Å². The minimum atomic E-state index is 1.26. The first kappa shape index (κ1) is 30.1. The molecule has 0 unspecified atom stereocenters. The molecule has 0 saturated heterocycles. The molecule has 0 aliphatic heterocycles. The van der Waals surface area contributed by atoms with Crippen molar-refractivity contribution in [2.45, 2.75) is 0 Å². The first-order valence-corrected chi connectivity index (χ1v) is 18.0. The van der Waals surface area contributed by atoms with Crippen molar-refractivity contribution in [3.05, 3.63) is 206 Å². The van der Waals surface area contributed by atoms with Crippen LogP contribution in [0.2, 0.25) is 0 Å². The van der Waals surface area contributed by atoms with E-state index in [9.17, 15) is 0 Å². The molecule has 0 aromatic heterocycles. The molecular weight excluding hydrogens is 625 g/mol. The summed E-state index contributed by atoms with van der Waals surface area (Å²) in [5, 5.41) is 10.6. The van der Waals surface area contributed by atoms with Crippen molar-refractivity contribution in [2.24, 2.45) is 0 Å². The van der Waals surface area contributed by atoms with Crippen LogP contribution >= 0.6 is 0 Å². The Morgan fingerprint density at radius 3 is 0.885 bits per heavy atom. The zero-order valence-corrected chi connectivity index (χ0v) is 28.6. The van der Waals surface area contributed by atoms with Gasteiger partial charge in [-0.25, -0.2) is 0 Å². The predicted octanol–water partition coefficient (Wildman–Crippen LogP) is 14.6. The monoisotopic (exact) mass is 658 g/mol. The van der Waals surface area contributed by atoms with Crippen molar-refractivity contribution in [1.29, 1.82) is 0 Å². The van der Waals surface area contributed by atoms with Crippen LogP contribution in [-0.2, 0) is 0 Å². The van der Waals surface area contributed by atoms with Crippen LogP contribution in [0.1, 0.15) is 0 Å². The van der Waals surface area contributed by atoms with Gasteiger partial charge in [-0.15, -0.1) is 0 Å². The van der Waals surface area contributed by atoms with Crippen LogP contribution < -0.4 is 0 Å². The van der Waals surface area contributed by atoms with Gasteiger partial charge in [-0.2, -0.15) is 0 Å². The number of hydrogen-bond donors (Lipinski definition) is 0. The van der Waals surface area contributed by atoms with E-state index in [0.717, 1.165) is 0 Å². The highest BCUT2D eigenvalue weighted by Crippen LogP contribution is 2.53. The maximum absolute atomic E-state index is 2.28. The molecule has 0 radical (unpaired) electrons. The van der Waals surface area contributed by atoms with Gasteiger partial charge in [-0.1, -0.05) is 206 Å². The second-order valence-corrected chi connectivity index (χ2v) is 13.5. The van der Waals surface area contributed by atoms with E-state index >= 15 is 0 Å². The van der Waals surface area contributed by atoms with Crippen LogP contribution in [0, 0.1) is 0 Å². The zero-order chi connectivity index (χ0) is 34.4. The fraction of sp³-hybridized carbons (Fsp3) is 0. The lowest BCUT2D eigenvalue weighted by atomic mass is 9.86. The van der Waals surface area contributed by atoms with E-state index in [-0.39, 0.29) is 0 Å². The molecule has 0 spiro atoms. The molecule has 0 bridgehead atoms. The molecule has 0 fully saturated rings. The maximum atomic E-state index is 2.28. The van der Waals surface area contributed by atoms with Gasteiger partial charge in [-0.05, 0) is 98.7 Å². The van der Waals surface area contributed by atoms with Crippen LogP contribution in [0.5, 0.6) is 0 Å². The van der Waals surface area contributed by atoms with Crippen LogP contribution in [0.3, 0.4) is 0 Å². The van der Waals surface area contributed by atoms with E-state index in [1.54, 1.807) is 0 Å². The third-order valence-electron chi connectivity index (χ3n) is 10.7. The van der Waals surface area contributed by atoms with Gasteiger partial charge in [0, 0.05) is 0 Å². The third kappa shape index (κ3) is 4.77. The normalized spacial score (nSPS) is 11.5. The predicted molar refractivity (Wildman–Crippen MR) is 224 cm³/mol. The summed E-state index contributed by atoms with van der Waals surface area (Å²) < 4.78 is 0. The van der Waals surface area contributed by atoms with Gasteiger partial charge in [0.05, 0.1) is 0 Å². The van der Waals surface area contributed by atoms with E-state index in [2.05, 4.69) is 206 Å². The summed E-state index contributed by atoms with van der Waals surface area (Å²) in [5.74, 6) is 0. The quantitative estimate of drug-likeness (QED) is 0.166. The van der Waals surface area contributed by atoms with Crippen molar-refractivity contribution in [1.82, 2.24) is 0 Å². The van der Waals surface area contributed by atoms with E-state index < -0.39 is 0 Å². The van der Waals surface area contributed by atoms with Gasteiger partial charge in [-0.3, -0.25) is 0 Å². The minimum absolute atomic E-state index is 1.26. The fourth-order valence-electron chi connectivity index (χ4n) is 8.54. The van der Waals surface area contributed by atoms with Crippen LogP contribution in [0.4, 0.5) is 0 Å². The number of benzene rings is 10.